The number of rotatable bonds is 6. The van der Waals surface area contributed by atoms with Crippen LogP contribution in [0.5, 0.6) is 0 Å². The van der Waals surface area contributed by atoms with E-state index in [0.29, 0.717) is 16.4 Å². The van der Waals surface area contributed by atoms with E-state index in [4.69, 9.17) is 27.9 Å². The largest absolute Gasteiger partial charge is 0.452 e. The highest BCUT2D eigenvalue weighted by Crippen LogP contribution is 2.20. The maximum atomic E-state index is 12.1. The number of carbonyl (C=O) groups is 3. The van der Waals surface area contributed by atoms with Crippen molar-refractivity contribution >= 4 is 46.7 Å². The zero-order valence-electron chi connectivity index (χ0n) is 15.0. The molecule has 27 heavy (non-hydrogen) atoms. The molecule has 10 heteroatoms. The SMILES string of the molecule is Cc1nn(C)c(Cl)c1C(=O)OCC(=O)N(C)CC(=O)Nc1ccccc1Cl. The maximum Gasteiger partial charge on any atom is 0.343 e. The third kappa shape index (κ3) is 5.21. The van der Waals surface area contributed by atoms with Gasteiger partial charge in [-0.25, -0.2) is 4.79 Å². The molecule has 0 fully saturated rings. The van der Waals surface area contributed by atoms with E-state index in [2.05, 4.69) is 10.4 Å². The average Bonchev–Trinajstić information content (AvgIpc) is 2.86. The summed E-state index contributed by atoms with van der Waals surface area (Å²) in [7, 11) is 3.01. The molecule has 0 atom stereocenters. The van der Waals surface area contributed by atoms with Crippen molar-refractivity contribution in [3.05, 3.63) is 45.7 Å². The lowest BCUT2D eigenvalue weighted by Crippen LogP contribution is -2.37. The predicted octanol–water partition coefficient (Wildman–Crippen LogP) is 2.29. The Bertz CT molecular complexity index is 882. The smallest absolute Gasteiger partial charge is 0.343 e. The Morgan fingerprint density at radius 2 is 1.93 bits per heavy atom. The van der Waals surface area contributed by atoms with Crippen LogP contribution in [0.4, 0.5) is 5.69 Å². The number of nitrogens with zero attached hydrogens (tertiary/aromatic N) is 3. The lowest BCUT2D eigenvalue weighted by molar-refractivity contribution is -0.136. The molecule has 8 nitrogen and oxygen atoms in total. The first-order valence-corrected chi connectivity index (χ1v) is 8.60. The molecule has 0 radical (unpaired) electrons. The molecular formula is C17H18Cl2N4O4. The van der Waals surface area contributed by atoms with Gasteiger partial charge in [0, 0.05) is 14.1 Å². The van der Waals surface area contributed by atoms with Gasteiger partial charge in [0.25, 0.3) is 5.91 Å². The third-order valence-electron chi connectivity index (χ3n) is 3.64. The van der Waals surface area contributed by atoms with Gasteiger partial charge in [-0.15, -0.1) is 0 Å². The number of esters is 1. The Morgan fingerprint density at radius 3 is 2.52 bits per heavy atom. The molecule has 0 bridgehead atoms. The molecule has 0 spiro atoms. The van der Waals surface area contributed by atoms with Crippen molar-refractivity contribution in [1.29, 1.82) is 0 Å². The minimum Gasteiger partial charge on any atom is -0.452 e. The number of hydrogen-bond acceptors (Lipinski definition) is 5. The highest BCUT2D eigenvalue weighted by Gasteiger charge is 2.22. The third-order valence-corrected chi connectivity index (χ3v) is 4.40. The summed E-state index contributed by atoms with van der Waals surface area (Å²) in [5.41, 5.74) is 0.941. The molecule has 0 aliphatic carbocycles. The van der Waals surface area contributed by atoms with E-state index in [1.165, 1.54) is 11.7 Å². The van der Waals surface area contributed by atoms with E-state index in [9.17, 15) is 14.4 Å². The van der Waals surface area contributed by atoms with E-state index in [-0.39, 0.29) is 17.3 Å². The van der Waals surface area contributed by atoms with Crippen LogP contribution in [0.3, 0.4) is 0 Å². The molecular weight excluding hydrogens is 395 g/mol. The van der Waals surface area contributed by atoms with Crippen molar-refractivity contribution in [1.82, 2.24) is 14.7 Å². The van der Waals surface area contributed by atoms with Crippen molar-refractivity contribution < 1.29 is 19.1 Å². The Hall–Kier alpha value is -2.58. The van der Waals surface area contributed by atoms with Crippen molar-refractivity contribution in [2.45, 2.75) is 6.92 Å². The van der Waals surface area contributed by atoms with Crippen LogP contribution in [0.2, 0.25) is 10.2 Å². The Morgan fingerprint density at radius 1 is 1.26 bits per heavy atom. The summed E-state index contributed by atoms with van der Waals surface area (Å²) in [4.78, 5) is 37.4. The number of carbonyl (C=O) groups excluding carboxylic acids is 3. The molecule has 0 aliphatic heterocycles. The van der Waals surface area contributed by atoms with Crippen molar-refractivity contribution in [3.63, 3.8) is 0 Å². The first-order valence-electron chi connectivity index (χ1n) is 7.85. The molecule has 2 amide bonds. The molecule has 0 unspecified atom stereocenters. The zero-order chi connectivity index (χ0) is 20.1. The fourth-order valence-electron chi connectivity index (χ4n) is 2.23. The van der Waals surface area contributed by atoms with Crippen molar-refractivity contribution in [3.8, 4) is 0 Å². The number of benzene rings is 1. The molecule has 0 aliphatic rings. The molecule has 2 rings (SSSR count). The first-order chi connectivity index (χ1) is 12.7. The minimum absolute atomic E-state index is 0.103. The van der Waals surface area contributed by atoms with Crippen molar-refractivity contribution in [2.75, 3.05) is 25.5 Å². The number of likely N-dealkylation sites (N-methyl/N-ethyl adjacent to an activating group) is 1. The van der Waals surface area contributed by atoms with Crippen LogP contribution in [-0.4, -0.2) is 52.7 Å². The monoisotopic (exact) mass is 412 g/mol. The molecule has 144 valence electrons. The van der Waals surface area contributed by atoms with Crippen molar-refractivity contribution in [2.24, 2.45) is 7.05 Å². The molecule has 2 aromatic rings. The van der Waals surface area contributed by atoms with E-state index in [1.807, 2.05) is 0 Å². The molecule has 0 saturated carbocycles. The van der Waals surface area contributed by atoms with Gasteiger partial charge in [-0.2, -0.15) is 5.10 Å². The van der Waals surface area contributed by atoms with Crippen LogP contribution in [0.1, 0.15) is 16.1 Å². The fraction of sp³-hybridized carbons (Fsp3) is 0.294. The van der Waals surface area contributed by atoms with Gasteiger partial charge in [-0.05, 0) is 19.1 Å². The molecule has 1 heterocycles. The molecule has 1 aromatic carbocycles. The highest BCUT2D eigenvalue weighted by molar-refractivity contribution is 6.33. The van der Waals surface area contributed by atoms with Crippen LogP contribution < -0.4 is 5.32 Å². The number of nitrogens with one attached hydrogen (secondary N) is 1. The van der Waals surface area contributed by atoms with Crippen LogP contribution in [0.15, 0.2) is 24.3 Å². The van der Waals surface area contributed by atoms with Crippen LogP contribution in [-0.2, 0) is 21.4 Å². The number of anilines is 1. The van der Waals surface area contributed by atoms with Crippen LogP contribution in [0, 0.1) is 6.92 Å². The highest BCUT2D eigenvalue weighted by atomic mass is 35.5. The topological polar surface area (TPSA) is 93.5 Å². The number of halogens is 2. The van der Waals surface area contributed by atoms with E-state index in [1.54, 1.807) is 38.2 Å². The van der Waals surface area contributed by atoms with Gasteiger partial charge in [-0.1, -0.05) is 35.3 Å². The second kappa shape index (κ2) is 8.88. The fourth-order valence-corrected chi connectivity index (χ4v) is 2.66. The second-order valence-corrected chi connectivity index (χ2v) is 6.49. The minimum atomic E-state index is -0.757. The van der Waals surface area contributed by atoms with E-state index in [0.717, 1.165) is 4.90 Å². The quantitative estimate of drug-likeness (QED) is 0.734. The van der Waals surface area contributed by atoms with Gasteiger partial charge in [0.15, 0.2) is 6.61 Å². The van der Waals surface area contributed by atoms with Gasteiger partial charge in [0.1, 0.15) is 10.7 Å². The average molecular weight is 413 g/mol. The number of ether oxygens (including phenoxy) is 1. The summed E-state index contributed by atoms with van der Waals surface area (Å²) < 4.78 is 6.32. The summed E-state index contributed by atoms with van der Waals surface area (Å²) in [5.74, 6) is -1.74. The Kier molecular flexibility index (Phi) is 6.81. The van der Waals surface area contributed by atoms with E-state index >= 15 is 0 Å². The molecule has 1 N–H and O–H groups in total. The summed E-state index contributed by atoms with van der Waals surface area (Å²) in [6, 6.07) is 6.74. The van der Waals surface area contributed by atoms with E-state index < -0.39 is 24.4 Å². The van der Waals surface area contributed by atoms with Gasteiger partial charge in [0.2, 0.25) is 5.91 Å². The van der Waals surface area contributed by atoms with Crippen LogP contribution >= 0.6 is 23.2 Å². The summed E-state index contributed by atoms with van der Waals surface area (Å²) in [5, 5.41) is 7.12. The first kappa shape index (κ1) is 20.7. The lowest BCUT2D eigenvalue weighted by Gasteiger charge is -2.17. The Labute approximate surface area is 166 Å². The summed E-state index contributed by atoms with van der Waals surface area (Å²) in [6.45, 7) is 0.850. The van der Waals surface area contributed by atoms with Gasteiger partial charge >= 0.3 is 5.97 Å². The van der Waals surface area contributed by atoms with Crippen LogP contribution in [0.25, 0.3) is 0 Å². The molecule has 1 aromatic heterocycles. The maximum absolute atomic E-state index is 12.1. The number of amides is 2. The van der Waals surface area contributed by atoms with Gasteiger partial charge < -0.3 is 15.0 Å². The lowest BCUT2D eigenvalue weighted by atomic mass is 10.3. The predicted molar refractivity (Wildman–Crippen MR) is 101 cm³/mol. The number of hydrogen-bond donors (Lipinski definition) is 1. The normalized spacial score (nSPS) is 10.4. The second-order valence-electron chi connectivity index (χ2n) is 5.73. The summed E-state index contributed by atoms with van der Waals surface area (Å²) >= 11 is 12.0. The zero-order valence-corrected chi connectivity index (χ0v) is 16.5. The summed E-state index contributed by atoms with van der Waals surface area (Å²) in [6.07, 6.45) is 0. The number of para-hydroxylation sites is 1. The van der Waals surface area contributed by atoms with Gasteiger partial charge in [0.05, 0.1) is 22.9 Å². The number of aromatic nitrogens is 2. The molecule has 0 saturated heterocycles. The van der Waals surface area contributed by atoms with Gasteiger partial charge in [-0.3, -0.25) is 14.3 Å². The standard InChI is InChI=1S/C17H18Cl2N4O4/c1-10-15(16(19)23(3)21-10)17(26)27-9-14(25)22(2)8-13(24)20-12-7-5-4-6-11(12)18/h4-7H,8-9H2,1-3H3,(H,20,24). The number of aryl methyl sites for hydroxylation is 2. The Balaban J connectivity index is 1.87.